The number of carbonyl (C=O) groups excluding carboxylic acids is 1. The number of rotatable bonds is 4. The Hall–Kier alpha value is -2.96. The first-order chi connectivity index (χ1) is 17.9. The third kappa shape index (κ3) is 4.30. The summed E-state index contributed by atoms with van der Waals surface area (Å²) in [4.78, 5) is 17.7. The molecular weight excluding hydrogens is 502 g/mol. The molecule has 4 aliphatic carbocycles. The van der Waals surface area contributed by atoms with E-state index >= 15 is 0 Å². The summed E-state index contributed by atoms with van der Waals surface area (Å²) in [5.74, 6) is 3.04. The molecule has 1 heterocycles. The Morgan fingerprint density at radius 2 is 1.70 bits per heavy atom. The van der Waals surface area contributed by atoms with E-state index in [1.165, 1.54) is 38.5 Å². The fraction of sp³-hybridized carbons (Fsp3) is 0.367. The lowest BCUT2D eigenvalue weighted by Crippen LogP contribution is -2.48. The molecule has 0 spiro atoms. The number of benzene rings is 3. The maximum absolute atomic E-state index is 13.0. The van der Waals surface area contributed by atoms with Crippen molar-refractivity contribution in [1.82, 2.24) is 10.3 Å². The van der Waals surface area contributed by atoms with Crippen LogP contribution >= 0.6 is 23.8 Å². The highest BCUT2D eigenvalue weighted by Gasteiger charge is 2.51. The molecule has 4 aliphatic rings. The molecule has 0 unspecified atom stereocenters. The van der Waals surface area contributed by atoms with Crippen molar-refractivity contribution < 1.29 is 9.21 Å². The lowest BCUT2D eigenvalue weighted by atomic mass is 9.49. The van der Waals surface area contributed by atoms with E-state index in [2.05, 4.69) is 10.6 Å². The van der Waals surface area contributed by atoms with E-state index in [0.29, 0.717) is 33.5 Å². The lowest BCUT2D eigenvalue weighted by molar-refractivity contribution is -0.127. The van der Waals surface area contributed by atoms with Crippen LogP contribution in [0.4, 0.5) is 5.69 Å². The van der Waals surface area contributed by atoms with Crippen molar-refractivity contribution >= 4 is 62.4 Å². The van der Waals surface area contributed by atoms with Gasteiger partial charge in [0.05, 0.1) is 0 Å². The van der Waals surface area contributed by atoms with E-state index in [1.807, 2.05) is 54.6 Å². The molecule has 8 rings (SSSR count). The summed E-state index contributed by atoms with van der Waals surface area (Å²) < 4.78 is 6.08. The summed E-state index contributed by atoms with van der Waals surface area (Å²) in [6.45, 7) is 0. The molecule has 4 saturated carbocycles. The number of amides is 1. The predicted molar refractivity (Wildman–Crippen MR) is 152 cm³/mol. The summed E-state index contributed by atoms with van der Waals surface area (Å²) in [5.41, 5.74) is 3.22. The van der Waals surface area contributed by atoms with Crippen molar-refractivity contribution in [2.75, 3.05) is 5.32 Å². The van der Waals surface area contributed by atoms with Gasteiger partial charge in [0, 0.05) is 28.1 Å². The number of nitrogens with one attached hydrogen (secondary N) is 2. The van der Waals surface area contributed by atoms with E-state index in [1.54, 1.807) is 0 Å². The molecule has 1 aromatic heterocycles. The van der Waals surface area contributed by atoms with Crippen molar-refractivity contribution in [2.24, 2.45) is 23.2 Å². The first-order valence-electron chi connectivity index (χ1n) is 13.1. The SMILES string of the molecule is O=C(CC12CC3CC(CC(C3)C1)C2)NC(=S)Nc1ccc2oc(-c3cccc4c(Cl)cccc34)nc2c1. The number of aromatic nitrogens is 1. The minimum absolute atomic E-state index is 0.0267. The fourth-order valence-corrected chi connectivity index (χ4v) is 8.23. The molecule has 4 fully saturated rings. The normalized spacial score (nSPS) is 26.0. The van der Waals surface area contributed by atoms with Crippen LogP contribution in [0.15, 0.2) is 59.0 Å². The molecule has 188 valence electrons. The molecule has 0 radical (unpaired) electrons. The number of carbonyl (C=O) groups is 1. The van der Waals surface area contributed by atoms with Gasteiger partial charge in [-0.1, -0.05) is 35.9 Å². The number of hydrogen-bond donors (Lipinski definition) is 2. The van der Waals surface area contributed by atoms with Crippen molar-refractivity contribution in [3.8, 4) is 11.5 Å². The van der Waals surface area contributed by atoms with E-state index in [-0.39, 0.29) is 11.3 Å². The fourth-order valence-electron chi connectivity index (χ4n) is 7.76. The molecule has 37 heavy (non-hydrogen) atoms. The first kappa shape index (κ1) is 23.2. The molecule has 7 heteroatoms. The van der Waals surface area contributed by atoms with Crippen molar-refractivity contribution in [2.45, 2.75) is 44.9 Å². The maximum Gasteiger partial charge on any atom is 0.227 e. The molecule has 0 aliphatic heterocycles. The number of nitrogens with zero attached hydrogens (tertiary/aromatic N) is 1. The Morgan fingerprint density at radius 1 is 1.00 bits per heavy atom. The molecular formula is C30H28ClN3O2S. The second-order valence-electron chi connectivity index (χ2n) is 11.4. The number of oxazole rings is 1. The Kier molecular flexibility index (Phi) is 5.52. The monoisotopic (exact) mass is 529 g/mol. The van der Waals surface area contributed by atoms with Crippen LogP contribution in [0.3, 0.4) is 0 Å². The second-order valence-corrected chi connectivity index (χ2v) is 12.3. The average Bonchev–Trinajstić information content (AvgIpc) is 3.26. The number of fused-ring (bicyclic) bond motifs is 2. The van der Waals surface area contributed by atoms with Crippen molar-refractivity contribution in [3.05, 3.63) is 59.6 Å². The van der Waals surface area contributed by atoms with Crippen LogP contribution in [0, 0.1) is 23.2 Å². The third-order valence-electron chi connectivity index (χ3n) is 8.70. The zero-order chi connectivity index (χ0) is 25.1. The van der Waals surface area contributed by atoms with Crippen molar-refractivity contribution in [3.63, 3.8) is 0 Å². The van der Waals surface area contributed by atoms with Crippen LogP contribution < -0.4 is 10.6 Å². The third-order valence-corrected chi connectivity index (χ3v) is 9.23. The van der Waals surface area contributed by atoms with Gasteiger partial charge in [0.2, 0.25) is 11.8 Å². The van der Waals surface area contributed by atoms with Gasteiger partial charge in [0.15, 0.2) is 10.7 Å². The van der Waals surface area contributed by atoms with E-state index < -0.39 is 0 Å². The van der Waals surface area contributed by atoms with Gasteiger partial charge in [0.1, 0.15) is 5.52 Å². The Balaban J connectivity index is 1.05. The topological polar surface area (TPSA) is 67.2 Å². The van der Waals surface area contributed by atoms with E-state index in [0.717, 1.165) is 39.8 Å². The molecule has 3 aromatic carbocycles. The van der Waals surface area contributed by atoms with Crippen LogP contribution in [-0.4, -0.2) is 16.0 Å². The zero-order valence-electron chi connectivity index (χ0n) is 20.4. The van der Waals surface area contributed by atoms with Crippen LogP contribution in [-0.2, 0) is 4.79 Å². The maximum atomic E-state index is 13.0. The Bertz CT molecular complexity index is 1530. The van der Waals surface area contributed by atoms with Gasteiger partial charge in [0.25, 0.3) is 0 Å². The molecule has 0 atom stereocenters. The summed E-state index contributed by atoms with van der Waals surface area (Å²) in [6.07, 6.45) is 8.34. The number of hydrogen-bond acceptors (Lipinski definition) is 4. The highest BCUT2D eigenvalue weighted by molar-refractivity contribution is 7.80. The Labute approximate surface area is 226 Å². The molecule has 1 amide bonds. The van der Waals surface area contributed by atoms with Gasteiger partial charge in [-0.05, 0) is 110 Å². The highest BCUT2D eigenvalue weighted by atomic mass is 35.5. The Morgan fingerprint density at radius 3 is 2.46 bits per heavy atom. The molecule has 0 saturated heterocycles. The van der Waals surface area contributed by atoms with Gasteiger partial charge in [-0.2, -0.15) is 0 Å². The van der Waals surface area contributed by atoms with Crippen molar-refractivity contribution in [1.29, 1.82) is 0 Å². The van der Waals surface area contributed by atoms with E-state index in [4.69, 9.17) is 33.2 Å². The molecule has 4 aromatic rings. The molecule has 5 nitrogen and oxygen atoms in total. The zero-order valence-corrected chi connectivity index (χ0v) is 22.0. The summed E-state index contributed by atoms with van der Waals surface area (Å²) in [6, 6.07) is 17.4. The largest absolute Gasteiger partial charge is 0.436 e. The lowest BCUT2D eigenvalue weighted by Gasteiger charge is -2.56. The number of halogens is 1. The van der Waals surface area contributed by atoms with Crippen LogP contribution in [0.2, 0.25) is 5.02 Å². The van der Waals surface area contributed by atoms with Crippen LogP contribution in [0.5, 0.6) is 0 Å². The van der Waals surface area contributed by atoms with Crippen LogP contribution in [0.1, 0.15) is 44.9 Å². The standard InChI is InChI=1S/C30H28ClN3O2S/c31-24-6-2-3-21-22(24)4-1-5-23(21)28-33-25-12-20(7-8-26(25)36-28)32-29(37)34-27(35)16-30-13-17-9-18(14-30)11-19(10-17)15-30/h1-8,12,17-19H,9-11,13-16H2,(H2,32,34,35,37). The second kappa shape index (κ2) is 8.81. The minimum Gasteiger partial charge on any atom is -0.436 e. The van der Waals surface area contributed by atoms with Gasteiger partial charge < -0.3 is 15.1 Å². The predicted octanol–water partition coefficient (Wildman–Crippen LogP) is 7.72. The molecule has 4 bridgehead atoms. The first-order valence-corrected chi connectivity index (χ1v) is 13.9. The summed E-state index contributed by atoms with van der Waals surface area (Å²) >= 11 is 11.9. The van der Waals surface area contributed by atoms with Gasteiger partial charge in [-0.25, -0.2) is 4.98 Å². The number of anilines is 1. The van der Waals surface area contributed by atoms with Gasteiger partial charge in [-0.3, -0.25) is 4.79 Å². The molecule has 2 N–H and O–H groups in total. The minimum atomic E-state index is 0.0267. The smallest absolute Gasteiger partial charge is 0.227 e. The van der Waals surface area contributed by atoms with Gasteiger partial charge >= 0.3 is 0 Å². The average molecular weight is 530 g/mol. The summed E-state index contributed by atoms with van der Waals surface area (Å²) in [5, 5.41) is 9.06. The summed E-state index contributed by atoms with van der Waals surface area (Å²) in [7, 11) is 0. The van der Waals surface area contributed by atoms with Gasteiger partial charge in [-0.15, -0.1) is 0 Å². The van der Waals surface area contributed by atoms with Crippen LogP contribution in [0.25, 0.3) is 33.3 Å². The highest BCUT2D eigenvalue weighted by Crippen LogP contribution is 2.61. The van der Waals surface area contributed by atoms with E-state index in [9.17, 15) is 4.79 Å². The quantitative estimate of drug-likeness (QED) is 0.265. The number of thiocarbonyl (C=S) groups is 1.